The van der Waals surface area contributed by atoms with Crippen molar-refractivity contribution in [3.63, 3.8) is 0 Å². The van der Waals surface area contributed by atoms with E-state index < -0.39 is 6.10 Å². The van der Waals surface area contributed by atoms with Crippen molar-refractivity contribution in [3.05, 3.63) is 24.3 Å². The molecule has 0 aromatic heterocycles. The first-order chi connectivity index (χ1) is 12.5. The van der Waals surface area contributed by atoms with Gasteiger partial charge in [-0.1, -0.05) is 12.1 Å². The molecule has 2 N–H and O–H groups in total. The molecule has 1 atom stereocenters. The second-order valence-corrected chi connectivity index (χ2v) is 7.11. The Balaban J connectivity index is 1.65. The zero-order valence-corrected chi connectivity index (χ0v) is 15.4. The number of hydrogen-bond donors (Lipinski definition) is 2. The molecule has 26 heavy (non-hydrogen) atoms. The summed E-state index contributed by atoms with van der Waals surface area (Å²) in [5, 5.41) is 6.35. The third-order valence-corrected chi connectivity index (χ3v) is 5.15. The second kappa shape index (κ2) is 8.05. The number of carbonyl (C=O) groups is 2. The van der Waals surface area contributed by atoms with Crippen molar-refractivity contribution in [1.82, 2.24) is 10.6 Å². The highest BCUT2D eigenvalue weighted by Gasteiger charge is 2.35. The van der Waals surface area contributed by atoms with Crippen LogP contribution in [0.4, 0.5) is 5.69 Å². The molecule has 0 radical (unpaired) electrons. The number of piperidine rings is 1. The smallest absolute Gasteiger partial charge is 0.268 e. The van der Waals surface area contributed by atoms with Crippen LogP contribution in [0.3, 0.4) is 0 Å². The van der Waals surface area contributed by atoms with Crippen molar-refractivity contribution in [3.8, 4) is 5.75 Å². The molecule has 1 saturated heterocycles. The van der Waals surface area contributed by atoms with Crippen LogP contribution in [-0.2, 0) is 14.3 Å². The molecular formula is C19H27N3O4. The molecule has 1 aromatic carbocycles. The minimum Gasteiger partial charge on any atom is -0.479 e. The summed E-state index contributed by atoms with van der Waals surface area (Å²) in [6, 6.07) is 7.29. The quantitative estimate of drug-likeness (QED) is 0.788. The second-order valence-electron chi connectivity index (χ2n) is 7.11. The van der Waals surface area contributed by atoms with E-state index in [1.54, 1.807) is 20.1 Å². The van der Waals surface area contributed by atoms with Gasteiger partial charge in [-0.05, 0) is 45.0 Å². The van der Waals surface area contributed by atoms with E-state index in [4.69, 9.17) is 9.47 Å². The Bertz CT molecular complexity index is 652. The first kappa shape index (κ1) is 18.7. The molecule has 2 aliphatic rings. The van der Waals surface area contributed by atoms with E-state index in [1.807, 2.05) is 18.2 Å². The number of fused-ring (bicyclic) bond motifs is 1. The minimum atomic E-state index is -0.595. The standard InChI is InChI=1S/C19H27N3O4/c1-14-18(24)22(15-5-3-4-6-16(15)26-14)11-17(23)21-12-19(13-25-2)7-9-20-10-8-19/h3-6,14,20H,7-13H2,1-2H3,(H,21,23). The molecule has 0 bridgehead atoms. The average Bonchev–Trinajstić information content (AvgIpc) is 2.65. The SMILES string of the molecule is COCC1(CNC(=O)CN2C(=O)C(C)Oc3ccccc32)CCNCC1. The summed E-state index contributed by atoms with van der Waals surface area (Å²) in [5.74, 6) is 0.255. The van der Waals surface area contributed by atoms with Gasteiger partial charge in [-0.25, -0.2) is 0 Å². The Morgan fingerprint density at radius 3 is 2.85 bits per heavy atom. The number of nitrogens with zero attached hydrogens (tertiary/aromatic N) is 1. The molecule has 0 spiro atoms. The average molecular weight is 361 g/mol. The van der Waals surface area contributed by atoms with E-state index in [1.165, 1.54) is 4.90 Å². The normalized spacial score (nSPS) is 21.7. The maximum absolute atomic E-state index is 12.6. The highest BCUT2D eigenvalue weighted by molar-refractivity contribution is 6.03. The summed E-state index contributed by atoms with van der Waals surface area (Å²) in [5.41, 5.74) is 0.592. The van der Waals surface area contributed by atoms with Crippen LogP contribution < -0.4 is 20.3 Å². The third kappa shape index (κ3) is 3.99. The van der Waals surface area contributed by atoms with Crippen molar-refractivity contribution >= 4 is 17.5 Å². The molecule has 3 rings (SSSR count). The molecule has 7 heteroatoms. The van der Waals surface area contributed by atoms with E-state index >= 15 is 0 Å². The Morgan fingerprint density at radius 1 is 1.38 bits per heavy atom. The Morgan fingerprint density at radius 2 is 2.12 bits per heavy atom. The molecule has 2 aliphatic heterocycles. The third-order valence-electron chi connectivity index (χ3n) is 5.15. The molecule has 1 aromatic rings. The molecule has 1 fully saturated rings. The van der Waals surface area contributed by atoms with Gasteiger partial charge in [0.25, 0.3) is 5.91 Å². The Labute approximate surface area is 154 Å². The van der Waals surface area contributed by atoms with Crippen LogP contribution in [0.1, 0.15) is 19.8 Å². The molecule has 2 amide bonds. The number of carbonyl (C=O) groups excluding carboxylic acids is 2. The molecule has 1 unspecified atom stereocenters. The fraction of sp³-hybridized carbons (Fsp3) is 0.579. The molecule has 0 aliphatic carbocycles. The van der Waals surface area contributed by atoms with Crippen LogP contribution in [0.25, 0.3) is 0 Å². The molecule has 0 saturated carbocycles. The van der Waals surface area contributed by atoms with Gasteiger partial charge in [0, 0.05) is 19.1 Å². The number of rotatable bonds is 6. The number of para-hydroxylation sites is 2. The number of hydrogen-bond acceptors (Lipinski definition) is 5. The van der Waals surface area contributed by atoms with E-state index in [0.717, 1.165) is 25.9 Å². The number of anilines is 1. The van der Waals surface area contributed by atoms with Crippen molar-refractivity contribution in [2.45, 2.75) is 25.9 Å². The van der Waals surface area contributed by atoms with E-state index in [0.29, 0.717) is 24.6 Å². The first-order valence-corrected chi connectivity index (χ1v) is 9.08. The van der Waals surface area contributed by atoms with E-state index in [2.05, 4.69) is 10.6 Å². The maximum atomic E-state index is 12.6. The van der Waals surface area contributed by atoms with Gasteiger partial charge in [-0.2, -0.15) is 0 Å². The number of methoxy groups -OCH3 is 1. The molecule has 7 nitrogen and oxygen atoms in total. The lowest BCUT2D eigenvalue weighted by atomic mass is 9.79. The predicted molar refractivity (Wildman–Crippen MR) is 98.3 cm³/mol. The molecular weight excluding hydrogens is 334 g/mol. The van der Waals surface area contributed by atoms with Gasteiger partial charge in [0.15, 0.2) is 6.10 Å². The fourth-order valence-corrected chi connectivity index (χ4v) is 3.64. The topological polar surface area (TPSA) is 79.9 Å². The Kier molecular flexibility index (Phi) is 5.78. The lowest BCUT2D eigenvalue weighted by Gasteiger charge is -2.37. The van der Waals surface area contributed by atoms with Gasteiger partial charge in [0.1, 0.15) is 12.3 Å². The van der Waals surface area contributed by atoms with Crippen molar-refractivity contribution in [1.29, 1.82) is 0 Å². The summed E-state index contributed by atoms with van der Waals surface area (Å²) < 4.78 is 11.0. The molecule has 2 heterocycles. The lowest BCUT2D eigenvalue weighted by Crippen LogP contribution is -2.51. The van der Waals surface area contributed by atoms with Gasteiger partial charge in [0.2, 0.25) is 5.91 Å². The lowest BCUT2D eigenvalue weighted by molar-refractivity contribution is -0.128. The van der Waals surface area contributed by atoms with Gasteiger partial charge in [-0.15, -0.1) is 0 Å². The number of nitrogens with one attached hydrogen (secondary N) is 2. The van der Waals surface area contributed by atoms with Crippen LogP contribution in [0.2, 0.25) is 0 Å². The first-order valence-electron chi connectivity index (χ1n) is 9.08. The van der Waals surface area contributed by atoms with Crippen LogP contribution >= 0.6 is 0 Å². The Hall–Kier alpha value is -2.12. The van der Waals surface area contributed by atoms with Crippen molar-refractivity contribution in [2.75, 3.05) is 44.8 Å². The highest BCUT2D eigenvalue weighted by atomic mass is 16.5. The van der Waals surface area contributed by atoms with E-state index in [-0.39, 0.29) is 23.8 Å². The summed E-state index contributed by atoms with van der Waals surface area (Å²) in [6.07, 6.45) is 1.32. The van der Waals surface area contributed by atoms with Gasteiger partial charge < -0.3 is 20.1 Å². The zero-order valence-electron chi connectivity index (χ0n) is 15.4. The van der Waals surface area contributed by atoms with Gasteiger partial charge in [0.05, 0.1) is 12.3 Å². The van der Waals surface area contributed by atoms with Gasteiger partial charge >= 0.3 is 0 Å². The zero-order chi connectivity index (χ0) is 18.6. The largest absolute Gasteiger partial charge is 0.479 e. The minimum absolute atomic E-state index is 0.00907. The van der Waals surface area contributed by atoms with Crippen molar-refractivity contribution in [2.24, 2.45) is 5.41 Å². The summed E-state index contributed by atoms with van der Waals surface area (Å²) in [6.45, 7) is 4.71. The predicted octanol–water partition coefficient (Wildman–Crippen LogP) is 0.933. The number of ether oxygens (including phenoxy) is 2. The van der Waals surface area contributed by atoms with Crippen LogP contribution in [0.5, 0.6) is 5.75 Å². The van der Waals surface area contributed by atoms with Gasteiger partial charge in [-0.3, -0.25) is 14.5 Å². The molecule has 142 valence electrons. The van der Waals surface area contributed by atoms with Crippen LogP contribution in [-0.4, -0.2) is 57.8 Å². The van der Waals surface area contributed by atoms with E-state index in [9.17, 15) is 9.59 Å². The van der Waals surface area contributed by atoms with Crippen LogP contribution in [0, 0.1) is 5.41 Å². The van der Waals surface area contributed by atoms with Crippen molar-refractivity contribution < 1.29 is 19.1 Å². The fourth-order valence-electron chi connectivity index (χ4n) is 3.64. The monoisotopic (exact) mass is 361 g/mol. The highest BCUT2D eigenvalue weighted by Crippen LogP contribution is 2.33. The summed E-state index contributed by atoms with van der Waals surface area (Å²) >= 11 is 0. The van der Waals surface area contributed by atoms with Crippen LogP contribution in [0.15, 0.2) is 24.3 Å². The summed E-state index contributed by atoms with van der Waals surface area (Å²) in [4.78, 5) is 26.6. The maximum Gasteiger partial charge on any atom is 0.268 e. The summed E-state index contributed by atoms with van der Waals surface area (Å²) in [7, 11) is 1.69. The number of amides is 2. The number of benzene rings is 1.